The van der Waals surface area contributed by atoms with E-state index in [0.29, 0.717) is 11.4 Å². The monoisotopic (exact) mass is 306 g/mol. The number of alkyl halides is 3. The molecule has 0 spiro atoms. The van der Waals surface area contributed by atoms with Gasteiger partial charge in [0.1, 0.15) is 0 Å². The Labute approximate surface area is 122 Å². The molecular weight excluding hydrogens is 297 g/mol. The Morgan fingerprint density at radius 1 is 0.857 bits per heavy atom. The highest BCUT2D eigenvalue weighted by Crippen LogP contribution is 2.30. The summed E-state index contributed by atoms with van der Waals surface area (Å²) in [5.74, 6) is 0. The number of halogens is 3. The van der Waals surface area contributed by atoms with Gasteiger partial charge in [-0.15, -0.1) is 11.3 Å². The summed E-state index contributed by atoms with van der Waals surface area (Å²) in [5, 5.41) is 1.97. The van der Waals surface area contributed by atoms with Crippen molar-refractivity contribution in [2.24, 2.45) is 0 Å². The second-order valence-corrected chi connectivity index (χ2v) is 5.29. The Bertz CT molecular complexity index is 717. The zero-order chi connectivity index (χ0) is 14.9. The molecule has 106 valence electrons. The highest BCUT2D eigenvalue weighted by molar-refractivity contribution is 7.13. The third kappa shape index (κ3) is 2.95. The Morgan fingerprint density at radius 3 is 2.05 bits per heavy atom. The van der Waals surface area contributed by atoms with Crippen LogP contribution in [-0.2, 0) is 6.18 Å². The topological polar surface area (TPSA) is 25.8 Å². The van der Waals surface area contributed by atoms with Crippen LogP contribution < -0.4 is 0 Å². The molecule has 0 atom stereocenters. The van der Waals surface area contributed by atoms with Gasteiger partial charge in [-0.25, -0.2) is 0 Å². The second-order valence-electron chi connectivity index (χ2n) is 4.34. The van der Waals surface area contributed by atoms with E-state index < -0.39 is 11.7 Å². The van der Waals surface area contributed by atoms with Crippen molar-refractivity contribution in [3.63, 3.8) is 0 Å². The quantitative estimate of drug-likeness (QED) is 0.673. The van der Waals surface area contributed by atoms with Gasteiger partial charge in [-0.05, 0) is 35.7 Å². The first kappa shape index (κ1) is 13.8. The molecule has 2 nitrogen and oxygen atoms in total. The predicted octanol–water partition coefficient (Wildman–Crippen LogP) is 4.89. The van der Waals surface area contributed by atoms with Crippen molar-refractivity contribution < 1.29 is 13.2 Å². The molecule has 21 heavy (non-hydrogen) atoms. The van der Waals surface area contributed by atoms with E-state index in [2.05, 4.69) is 9.97 Å². The Balaban J connectivity index is 1.87. The van der Waals surface area contributed by atoms with Crippen molar-refractivity contribution in [3.05, 3.63) is 59.7 Å². The second kappa shape index (κ2) is 5.29. The van der Waals surface area contributed by atoms with Gasteiger partial charge < -0.3 is 0 Å². The van der Waals surface area contributed by atoms with E-state index in [4.69, 9.17) is 0 Å². The summed E-state index contributed by atoms with van der Waals surface area (Å²) in [5.41, 5.74) is 1.17. The van der Waals surface area contributed by atoms with Crippen LogP contribution in [0.25, 0.3) is 21.8 Å². The van der Waals surface area contributed by atoms with Crippen LogP contribution in [0.15, 0.2) is 54.2 Å². The number of aromatic nitrogens is 2. The van der Waals surface area contributed by atoms with Crippen LogP contribution in [0, 0.1) is 0 Å². The molecule has 3 aromatic rings. The third-order valence-corrected chi connectivity index (χ3v) is 3.84. The first-order valence-corrected chi connectivity index (χ1v) is 6.95. The minimum Gasteiger partial charge on any atom is -0.254 e. The van der Waals surface area contributed by atoms with Gasteiger partial charge in [-0.1, -0.05) is 6.07 Å². The van der Waals surface area contributed by atoms with Crippen molar-refractivity contribution in [1.82, 2.24) is 9.97 Å². The fourth-order valence-corrected chi connectivity index (χ4v) is 2.56. The van der Waals surface area contributed by atoms with E-state index in [1.54, 1.807) is 23.6 Å². The third-order valence-electron chi connectivity index (χ3n) is 2.92. The Kier molecular flexibility index (Phi) is 3.47. The molecule has 6 heteroatoms. The number of rotatable bonds is 2. The molecular formula is C15H9F3N2S. The van der Waals surface area contributed by atoms with Gasteiger partial charge in [-0.2, -0.15) is 13.2 Å². The zero-order valence-corrected chi connectivity index (χ0v) is 11.4. The summed E-state index contributed by atoms with van der Waals surface area (Å²) in [6, 6.07) is 9.91. The molecule has 0 fully saturated rings. The molecule has 0 aromatic carbocycles. The largest absolute Gasteiger partial charge is 0.417 e. The summed E-state index contributed by atoms with van der Waals surface area (Å²) >= 11 is 1.60. The average molecular weight is 306 g/mol. The van der Waals surface area contributed by atoms with Crippen LogP contribution in [0.1, 0.15) is 5.56 Å². The van der Waals surface area contributed by atoms with Gasteiger partial charge in [0.05, 0.1) is 17.0 Å². The number of hydrogen-bond acceptors (Lipinski definition) is 3. The minimum absolute atomic E-state index is 0.417. The molecule has 0 unspecified atom stereocenters. The van der Waals surface area contributed by atoms with Crippen molar-refractivity contribution in [2.45, 2.75) is 6.18 Å². The highest BCUT2D eigenvalue weighted by Gasteiger charge is 2.30. The van der Waals surface area contributed by atoms with E-state index >= 15 is 0 Å². The number of hydrogen-bond donors (Lipinski definition) is 0. The number of pyridine rings is 2. The van der Waals surface area contributed by atoms with Crippen molar-refractivity contribution in [3.8, 4) is 21.8 Å². The molecule has 0 aliphatic rings. The highest BCUT2D eigenvalue weighted by atomic mass is 32.1. The van der Waals surface area contributed by atoms with E-state index in [-0.39, 0.29) is 0 Å². The maximum atomic E-state index is 12.5. The molecule has 0 N–H and O–H groups in total. The van der Waals surface area contributed by atoms with Crippen molar-refractivity contribution in [2.75, 3.05) is 0 Å². The smallest absolute Gasteiger partial charge is 0.254 e. The molecule has 3 rings (SSSR count). The maximum absolute atomic E-state index is 12.5. The average Bonchev–Trinajstić information content (AvgIpc) is 3.01. The van der Waals surface area contributed by atoms with Crippen LogP contribution in [0.4, 0.5) is 13.2 Å². The Morgan fingerprint density at radius 2 is 1.57 bits per heavy atom. The van der Waals surface area contributed by atoms with Gasteiger partial charge >= 0.3 is 6.18 Å². The van der Waals surface area contributed by atoms with Crippen LogP contribution >= 0.6 is 11.3 Å². The molecule has 0 aliphatic heterocycles. The first-order chi connectivity index (χ1) is 10.0. The molecule has 0 aliphatic carbocycles. The standard InChI is InChI=1S/C15H9F3N2S/c16-15(17,18)11-4-6-13(20-9-11)12-5-3-10(8-19-12)14-2-1-7-21-14/h1-9H. The summed E-state index contributed by atoms with van der Waals surface area (Å²) in [6.45, 7) is 0. The lowest BCUT2D eigenvalue weighted by Gasteiger charge is -2.07. The number of thiophene rings is 1. The fourth-order valence-electron chi connectivity index (χ4n) is 1.85. The van der Waals surface area contributed by atoms with Crippen molar-refractivity contribution in [1.29, 1.82) is 0 Å². The van der Waals surface area contributed by atoms with E-state index in [1.807, 2.05) is 23.6 Å². The van der Waals surface area contributed by atoms with E-state index in [1.165, 1.54) is 6.07 Å². The van der Waals surface area contributed by atoms with Crippen LogP contribution in [0.2, 0.25) is 0 Å². The van der Waals surface area contributed by atoms with Crippen LogP contribution in [0.3, 0.4) is 0 Å². The van der Waals surface area contributed by atoms with Gasteiger partial charge in [0.25, 0.3) is 0 Å². The molecule has 0 saturated heterocycles. The molecule has 3 heterocycles. The van der Waals surface area contributed by atoms with Crippen molar-refractivity contribution >= 4 is 11.3 Å². The van der Waals surface area contributed by atoms with Crippen LogP contribution in [-0.4, -0.2) is 9.97 Å². The summed E-state index contributed by atoms with van der Waals surface area (Å²) < 4.78 is 37.4. The first-order valence-electron chi connectivity index (χ1n) is 6.07. The molecule has 0 bridgehead atoms. The summed E-state index contributed by atoms with van der Waals surface area (Å²) in [7, 11) is 0. The lowest BCUT2D eigenvalue weighted by molar-refractivity contribution is -0.137. The summed E-state index contributed by atoms with van der Waals surface area (Å²) in [4.78, 5) is 9.18. The summed E-state index contributed by atoms with van der Waals surface area (Å²) in [6.07, 6.45) is -1.85. The van der Waals surface area contributed by atoms with E-state index in [0.717, 1.165) is 22.7 Å². The molecule has 0 radical (unpaired) electrons. The predicted molar refractivity (Wildman–Crippen MR) is 75.8 cm³/mol. The normalized spacial score (nSPS) is 11.6. The maximum Gasteiger partial charge on any atom is 0.417 e. The van der Waals surface area contributed by atoms with Gasteiger partial charge in [0.15, 0.2) is 0 Å². The number of nitrogens with zero attached hydrogens (tertiary/aromatic N) is 2. The zero-order valence-electron chi connectivity index (χ0n) is 10.6. The Hall–Kier alpha value is -2.21. The minimum atomic E-state index is -4.37. The van der Waals surface area contributed by atoms with Crippen LogP contribution in [0.5, 0.6) is 0 Å². The molecule has 0 saturated carbocycles. The van der Waals surface area contributed by atoms with Gasteiger partial charge in [0, 0.05) is 22.8 Å². The SMILES string of the molecule is FC(F)(F)c1ccc(-c2ccc(-c3cccs3)cn2)nc1. The van der Waals surface area contributed by atoms with Gasteiger partial charge in [0.2, 0.25) is 0 Å². The van der Waals surface area contributed by atoms with E-state index in [9.17, 15) is 13.2 Å². The molecule has 3 aromatic heterocycles. The lowest BCUT2D eigenvalue weighted by Crippen LogP contribution is -2.05. The fraction of sp³-hybridized carbons (Fsp3) is 0.0667. The van der Waals surface area contributed by atoms with Gasteiger partial charge in [-0.3, -0.25) is 9.97 Å². The molecule has 0 amide bonds. The lowest BCUT2D eigenvalue weighted by atomic mass is 10.1.